The topological polar surface area (TPSA) is 3.24 Å². The van der Waals surface area contributed by atoms with Crippen LogP contribution in [0.3, 0.4) is 0 Å². The van der Waals surface area contributed by atoms with Gasteiger partial charge >= 0.3 is 79.3 Å². The van der Waals surface area contributed by atoms with Crippen LogP contribution in [0.1, 0.15) is 0 Å². The average Bonchev–Trinajstić information content (AvgIpc) is 2.16. The van der Waals surface area contributed by atoms with Crippen LogP contribution in [0.4, 0.5) is 0 Å². The van der Waals surface area contributed by atoms with Gasteiger partial charge in [-0.1, -0.05) is 0 Å². The Labute approximate surface area is 105 Å². The third kappa shape index (κ3) is 4.67. The van der Waals surface area contributed by atoms with Gasteiger partial charge < -0.3 is 4.90 Å². The number of benzene rings is 2. The molecule has 2 rings (SSSR count). The second-order valence-corrected chi connectivity index (χ2v) is 5.85. The van der Waals surface area contributed by atoms with Gasteiger partial charge in [-0.05, 0) is 21.1 Å². The quantitative estimate of drug-likeness (QED) is 0.668. The fraction of sp³-hybridized carbons (Fsp3) is 0.231. The molecule has 0 amide bonds. The number of rotatable bonds is 0. The number of hydrogen-bond acceptors (Lipinski definition) is 1. The first-order valence-electron chi connectivity index (χ1n) is 4.95. The first-order chi connectivity index (χ1) is 7.09. The van der Waals surface area contributed by atoms with Crippen molar-refractivity contribution in [1.29, 1.82) is 0 Å². The van der Waals surface area contributed by atoms with Gasteiger partial charge in [0.1, 0.15) is 0 Å². The summed E-state index contributed by atoms with van der Waals surface area (Å²) in [6, 6.07) is 15.1. The van der Waals surface area contributed by atoms with E-state index >= 15 is 0 Å². The van der Waals surface area contributed by atoms with Crippen LogP contribution in [0.25, 0.3) is 10.8 Å². The summed E-state index contributed by atoms with van der Waals surface area (Å²) in [6.07, 6.45) is 0. The summed E-state index contributed by atoms with van der Waals surface area (Å²) >= 11 is 1.21. The molecule has 2 radical (unpaired) electrons. The second-order valence-electron chi connectivity index (χ2n) is 3.95. The molecular weight excluding hydrogens is 289 g/mol. The van der Waals surface area contributed by atoms with E-state index in [4.69, 9.17) is 0 Å². The van der Waals surface area contributed by atoms with Crippen molar-refractivity contribution in [1.82, 2.24) is 4.90 Å². The Bertz CT molecular complexity index is 421. The van der Waals surface area contributed by atoms with Crippen molar-refractivity contribution < 1.29 is 0 Å². The van der Waals surface area contributed by atoms with Crippen molar-refractivity contribution in [2.75, 3.05) is 21.1 Å². The Hall–Kier alpha value is -0.541. The minimum absolute atomic E-state index is 1.21. The Morgan fingerprint density at radius 1 is 0.867 bits per heavy atom. The second kappa shape index (κ2) is 6.13. The molecule has 0 atom stereocenters. The van der Waals surface area contributed by atoms with Crippen LogP contribution in [0.5, 0.6) is 0 Å². The van der Waals surface area contributed by atoms with Gasteiger partial charge in [-0.2, -0.15) is 0 Å². The molecule has 0 aliphatic carbocycles. The molecule has 15 heavy (non-hydrogen) atoms. The molecule has 0 spiro atoms. The first-order valence-corrected chi connectivity index (χ1v) is 6.59. The van der Waals surface area contributed by atoms with Crippen molar-refractivity contribution >= 4 is 36.9 Å². The SMILES string of the molecule is CN(C)C.[SnH][c]1ccc2ccccc2c1. The number of nitrogens with zero attached hydrogens (tertiary/aromatic N) is 1. The zero-order valence-corrected chi connectivity index (χ0v) is 12.9. The predicted octanol–water partition coefficient (Wildman–Crippen LogP) is 1.54. The summed E-state index contributed by atoms with van der Waals surface area (Å²) in [4.78, 5) is 2.00. The van der Waals surface area contributed by atoms with Crippen molar-refractivity contribution in [3.8, 4) is 0 Å². The molecule has 0 aliphatic rings. The van der Waals surface area contributed by atoms with Crippen LogP contribution in [0.2, 0.25) is 0 Å². The van der Waals surface area contributed by atoms with E-state index in [1.807, 2.05) is 26.0 Å². The summed E-state index contributed by atoms with van der Waals surface area (Å²) in [5.41, 5.74) is 0. The Morgan fingerprint density at radius 2 is 1.40 bits per heavy atom. The van der Waals surface area contributed by atoms with Crippen LogP contribution in [-0.4, -0.2) is 48.6 Å². The van der Waals surface area contributed by atoms with Gasteiger partial charge in [-0.3, -0.25) is 0 Å². The average molecular weight is 306 g/mol. The molecule has 0 saturated carbocycles. The molecular formula is C13H17NSn. The number of fused-ring (bicyclic) bond motifs is 1. The zero-order valence-electron chi connectivity index (χ0n) is 9.57. The van der Waals surface area contributed by atoms with Crippen LogP contribution >= 0.6 is 0 Å². The molecule has 1 nitrogen and oxygen atoms in total. The first kappa shape index (κ1) is 12.5. The molecule has 0 N–H and O–H groups in total. The maximum absolute atomic E-state index is 2.26. The van der Waals surface area contributed by atoms with Gasteiger partial charge in [0.2, 0.25) is 0 Å². The molecule has 0 bridgehead atoms. The van der Waals surface area contributed by atoms with Crippen molar-refractivity contribution in [3.05, 3.63) is 42.5 Å². The summed E-state index contributed by atoms with van der Waals surface area (Å²) in [5.74, 6) is 0. The van der Waals surface area contributed by atoms with E-state index in [9.17, 15) is 0 Å². The van der Waals surface area contributed by atoms with E-state index in [0.29, 0.717) is 0 Å². The zero-order chi connectivity index (χ0) is 11.3. The van der Waals surface area contributed by atoms with Crippen LogP contribution in [0, 0.1) is 0 Å². The molecule has 0 saturated heterocycles. The third-order valence-electron chi connectivity index (χ3n) is 1.77. The molecule has 2 heteroatoms. The Morgan fingerprint density at radius 3 is 2.00 bits per heavy atom. The van der Waals surface area contributed by atoms with Crippen molar-refractivity contribution in [2.45, 2.75) is 0 Å². The van der Waals surface area contributed by atoms with E-state index in [0.717, 1.165) is 0 Å². The monoisotopic (exact) mass is 307 g/mol. The normalized spacial score (nSPS) is 9.93. The third-order valence-corrected chi connectivity index (χ3v) is 2.80. The molecule has 2 aromatic carbocycles. The van der Waals surface area contributed by atoms with Crippen LogP contribution in [-0.2, 0) is 0 Å². The summed E-state index contributed by atoms with van der Waals surface area (Å²) in [5, 5.41) is 2.70. The predicted molar refractivity (Wildman–Crippen MR) is 70.3 cm³/mol. The number of hydrogen-bond donors (Lipinski definition) is 0. The molecule has 0 aromatic heterocycles. The van der Waals surface area contributed by atoms with Gasteiger partial charge in [0, 0.05) is 0 Å². The molecule has 0 fully saturated rings. The molecule has 0 aliphatic heterocycles. The van der Waals surface area contributed by atoms with Gasteiger partial charge in [0.25, 0.3) is 0 Å². The fourth-order valence-corrected chi connectivity index (χ4v) is 1.99. The minimum atomic E-state index is 1.21. The van der Waals surface area contributed by atoms with Gasteiger partial charge in [0.05, 0.1) is 0 Å². The maximum atomic E-state index is 2.26. The van der Waals surface area contributed by atoms with Gasteiger partial charge in [-0.15, -0.1) is 0 Å². The fourth-order valence-electron chi connectivity index (χ4n) is 1.21. The van der Waals surface area contributed by atoms with E-state index in [2.05, 4.69) is 42.5 Å². The van der Waals surface area contributed by atoms with Crippen LogP contribution in [0.15, 0.2) is 42.5 Å². The molecule has 78 valence electrons. The van der Waals surface area contributed by atoms with Crippen LogP contribution < -0.4 is 3.58 Å². The van der Waals surface area contributed by atoms with Crippen molar-refractivity contribution in [3.63, 3.8) is 0 Å². The summed E-state index contributed by atoms with van der Waals surface area (Å²) in [6.45, 7) is 0. The van der Waals surface area contributed by atoms with E-state index < -0.39 is 0 Å². The van der Waals surface area contributed by atoms with Crippen molar-refractivity contribution in [2.24, 2.45) is 0 Å². The van der Waals surface area contributed by atoms with E-state index in [-0.39, 0.29) is 0 Å². The van der Waals surface area contributed by atoms with E-state index in [1.54, 1.807) is 0 Å². The van der Waals surface area contributed by atoms with Gasteiger partial charge in [-0.25, -0.2) is 0 Å². The molecule has 0 unspecified atom stereocenters. The standard InChI is InChI=1S/C10H7.C3H9N.Sn.H/c1-2-6-10-8-4-3-7-9(10)5-1;1-4(2)3;;/h1-3,5-8H;1-3H3;;. The molecule has 2 aromatic rings. The Kier molecular flexibility index (Phi) is 5.12. The molecule has 0 heterocycles. The summed E-state index contributed by atoms with van der Waals surface area (Å²) in [7, 11) is 6.00. The van der Waals surface area contributed by atoms with E-state index in [1.165, 1.54) is 36.9 Å². The Balaban J connectivity index is 0.000000245. The summed E-state index contributed by atoms with van der Waals surface area (Å²) < 4.78 is 1.45. The van der Waals surface area contributed by atoms with Gasteiger partial charge in [0.15, 0.2) is 0 Å².